The second-order valence-electron chi connectivity index (χ2n) is 5.97. The van der Waals surface area contributed by atoms with Crippen molar-refractivity contribution in [1.29, 1.82) is 0 Å². The second kappa shape index (κ2) is 8.99. The van der Waals surface area contributed by atoms with E-state index in [4.69, 9.17) is 0 Å². The van der Waals surface area contributed by atoms with E-state index in [0.29, 0.717) is 5.92 Å². The third kappa shape index (κ3) is 4.96. The van der Waals surface area contributed by atoms with Gasteiger partial charge in [-0.05, 0) is 45.2 Å². The summed E-state index contributed by atoms with van der Waals surface area (Å²) in [5, 5.41) is 1.73. The molecule has 0 aromatic heterocycles. The van der Waals surface area contributed by atoms with Crippen LogP contribution >= 0.6 is 0 Å². The van der Waals surface area contributed by atoms with Crippen molar-refractivity contribution in [2.24, 2.45) is 5.92 Å². The van der Waals surface area contributed by atoms with E-state index in [-0.39, 0.29) is 40.6 Å². The van der Waals surface area contributed by atoms with Crippen LogP contribution in [0.25, 0.3) is 0 Å². The van der Waals surface area contributed by atoms with Crippen LogP contribution in [0, 0.1) is 5.92 Å². The first-order chi connectivity index (χ1) is 7.83. The van der Waals surface area contributed by atoms with Crippen molar-refractivity contribution in [2.45, 2.75) is 60.6 Å². The Kier molecular flexibility index (Phi) is 10.5. The molecule has 0 amide bonds. The van der Waals surface area contributed by atoms with Crippen molar-refractivity contribution in [3.05, 3.63) is 21.9 Å². The first-order valence-electron chi connectivity index (χ1n) is 6.97. The summed E-state index contributed by atoms with van der Waals surface area (Å²) in [4.78, 5) is 3.86. The Bertz CT molecular complexity index is 369. The number of allylic oxidation sites excluding steroid dienone is 4. The Morgan fingerprint density at radius 2 is 1.63 bits per heavy atom. The smallest absolute Gasteiger partial charge is 1.00 e. The second-order valence-corrected chi connectivity index (χ2v) is 10.1. The van der Waals surface area contributed by atoms with Gasteiger partial charge in [-0.15, -0.1) is 0 Å². The Morgan fingerprint density at radius 1 is 1.11 bits per heavy atom. The number of hydrogen-bond acceptors (Lipinski definition) is 1. The van der Waals surface area contributed by atoms with Crippen LogP contribution in [0.2, 0.25) is 13.1 Å². The summed E-state index contributed by atoms with van der Waals surface area (Å²) < 4.78 is 0. The third-order valence-corrected chi connectivity index (χ3v) is 7.70. The van der Waals surface area contributed by atoms with Crippen LogP contribution in [0.4, 0.5) is 0 Å². The molecule has 0 radical (unpaired) electrons. The van der Waals surface area contributed by atoms with Crippen LogP contribution in [0.5, 0.6) is 0 Å². The standard InChI is InChI=1S/C15H29NSi.2Li.2H/c1-8-9-10-16-17(6,7)15-13(4)11(2)12(3)14(15)5;;;;/h13,16H,8-10H2,1-7H3;;;;/q;2*+1;2*-1. The van der Waals surface area contributed by atoms with Crippen LogP contribution in [0.1, 0.15) is 50.3 Å². The predicted octanol–water partition coefficient (Wildman–Crippen LogP) is -1.34. The normalized spacial score (nSPS) is 19.4. The number of hydrogen-bond donors (Lipinski definition) is 1. The maximum absolute atomic E-state index is 3.86. The molecule has 0 aromatic carbocycles. The van der Waals surface area contributed by atoms with E-state index in [9.17, 15) is 0 Å². The molecule has 0 saturated carbocycles. The summed E-state index contributed by atoms with van der Waals surface area (Å²) in [6.07, 6.45) is 2.57. The first kappa shape index (κ1) is 22.1. The average molecular weight is 267 g/mol. The van der Waals surface area contributed by atoms with E-state index < -0.39 is 8.24 Å². The molecule has 0 saturated heterocycles. The zero-order chi connectivity index (χ0) is 13.2. The topological polar surface area (TPSA) is 12.0 Å². The maximum atomic E-state index is 3.86. The van der Waals surface area contributed by atoms with Gasteiger partial charge in [-0.2, -0.15) is 0 Å². The Balaban J connectivity index is -0.000000361. The molecule has 4 heteroatoms. The Morgan fingerprint density at radius 3 is 2.00 bits per heavy atom. The monoisotopic (exact) mass is 267 g/mol. The molecule has 1 N–H and O–H groups in total. The number of unbranched alkanes of at least 4 members (excludes halogenated alkanes) is 1. The molecule has 1 unspecified atom stereocenters. The van der Waals surface area contributed by atoms with Gasteiger partial charge in [0.1, 0.15) is 8.24 Å². The predicted molar refractivity (Wildman–Crippen MR) is 82.9 cm³/mol. The number of rotatable bonds is 5. The molecule has 0 fully saturated rings. The summed E-state index contributed by atoms with van der Waals surface area (Å²) in [7, 11) is -1.43. The fourth-order valence-electron chi connectivity index (χ4n) is 3.05. The summed E-state index contributed by atoms with van der Waals surface area (Å²) in [5.74, 6) is 0.658. The van der Waals surface area contributed by atoms with Gasteiger partial charge in [0, 0.05) is 0 Å². The molecule has 1 nitrogen and oxygen atoms in total. The van der Waals surface area contributed by atoms with E-state index in [2.05, 4.69) is 52.7 Å². The van der Waals surface area contributed by atoms with Gasteiger partial charge in [0.25, 0.3) is 0 Å². The van der Waals surface area contributed by atoms with Crippen molar-refractivity contribution < 1.29 is 40.6 Å². The van der Waals surface area contributed by atoms with Gasteiger partial charge in [-0.25, -0.2) is 0 Å². The van der Waals surface area contributed by atoms with Gasteiger partial charge in [0.05, 0.1) is 0 Å². The Hall–Kier alpha value is 0.852. The zero-order valence-electron chi connectivity index (χ0n) is 16.7. The molecular weight excluding hydrogens is 236 g/mol. The fraction of sp³-hybridized carbons (Fsp3) is 0.733. The summed E-state index contributed by atoms with van der Waals surface area (Å²) in [5.41, 5.74) is 4.68. The quantitative estimate of drug-likeness (QED) is 0.480. The van der Waals surface area contributed by atoms with Gasteiger partial charge in [0.15, 0.2) is 0 Å². The third-order valence-electron chi connectivity index (χ3n) is 4.41. The summed E-state index contributed by atoms with van der Waals surface area (Å²) in [6, 6.07) is 0. The number of nitrogens with one attached hydrogen (secondary N) is 1. The van der Waals surface area contributed by atoms with Gasteiger partial charge in [-0.1, -0.05) is 49.7 Å². The van der Waals surface area contributed by atoms with Crippen molar-refractivity contribution in [3.8, 4) is 0 Å². The molecule has 1 atom stereocenters. The molecular formula is C15H31Li2NSi. The maximum Gasteiger partial charge on any atom is 1.00 e. The molecule has 0 bridgehead atoms. The van der Waals surface area contributed by atoms with Crippen molar-refractivity contribution >= 4 is 8.24 Å². The minimum atomic E-state index is -1.43. The molecule has 1 rings (SSSR count). The van der Waals surface area contributed by atoms with Gasteiger partial charge < -0.3 is 7.84 Å². The van der Waals surface area contributed by atoms with Crippen molar-refractivity contribution in [2.75, 3.05) is 6.54 Å². The average Bonchev–Trinajstić information content (AvgIpc) is 2.44. The zero-order valence-corrected chi connectivity index (χ0v) is 15.7. The van der Waals surface area contributed by atoms with E-state index in [0.717, 1.165) is 0 Å². The van der Waals surface area contributed by atoms with E-state index in [1.807, 2.05) is 0 Å². The van der Waals surface area contributed by atoms with Crippen molar-refractivity contribution in [1.82, 2.24) is 4.98 Å². The molecule has 0 spiro atoms. The molecule has 19 heavy (non-hydrogen) atoms. The molecule has 0 aliphatic heterocycles. The fourth-order valence-corrected chi connectivity index (χ4v) is 6.46. The van der Waals surface area contributed by atoms with Crippen LogP contribution in [-0.4, -0.2) is 14.8 Å². The van der Waals surface area contributed by atoms with E-state index in [1.54, 1.807) is 16.3 Å². The molecule has 102 valence electrons. The SMILES string of the molecule is CCCCN[Si](C)(C)C1=C(C)C(C)=C(C)C1C.[H-].[H-].[Li+].[Li+]. The summed E-state index contributed by atoms with van der Waals surface area (Å²) >= 11 is 0. The van der Waals surface area contributed by atoms with E-state index >= 15 is 0 Å². The van der Waals surface area contributed by atoms with Crippen LogP contribution in [0.15, 0.2) is 21.9 Å². The van der Waals surface area contributed by atoms with Crippen LogP contribution in [0.3, 0.4) is 0 Å². The molecule has 1 aliphatic carbocycles. The van der Waals surface area contributed by atoms with Gasteiger partial charge in [0.2, 0.25) is 0 Å². The van der Waals surface area contributed by atoms with Gasteiger partial charge in [-0.3, -0.25) is 0 Å². The van der Waals surface area contributed by atoms with E-state index in [1.165, 1.54) is 25.0 Å². The largest absolute Gasteiger partial charge is 1.00 e. The first-order valence-corrected chi connectivity index (χ1v) is 9.97. The summed E-state index contributed by atoms with van der Waals surface area (Å²) in [6.45, 7) is 17.6. The molecule has 0 heterocycles. The van der Waals surface area contributed by atoms with Crippen LogP contribution in [-0.2, 0) is 0 Å². The van der Waals surface area contributed by atoms with Crippen LogP contribution < -0.4 is 42.7 Å². The van der Waals surface area contributed by atoms with Gasteiger partial charge >= 0.3 is 37.7 Å². The molecule has 0 aromatic rings. The minimum Gasteiger partial charge on any atom is -1.00 e. The molecule has 1 aliphatic rings. The Labute approximate surface area is 148 Å². The minimum absolute atomic E-state index is 0. The van der Waals surface area contributed by atoms with Crippen molar-refractivity contribution in [3.63, 3.8) is 0 Å².